The molecule has 0 spiro atoms. The van der Waals surface area contributed by atoms with Gasteiger partial charge in [-0.3, -0.25) is 0 Å². The number of hydrogen-bond donors (Lipinski definition) is 0. The molecule has 3 heteroatoms. The summed E-state index contributed by atoms with van der Waals surface area (Å²) in [6.07, 6.45) is 10.0. The van der Waals surface area contributed by atoms with Crippen molar-refractivity contribution in [2.75, 3.05) is 0 Å². The molecule has 2 aliphatic rings. The molecule has 0 nitrogen and oxygen atoms in total. The van der Waals surface area contributed by atoms with E-state index in [4.69, 9.17) is 0 Å². The molecule has 60 heavy (non-hydrogen) atoms. The van der Waals surface area contributed by atoms with Gasteiger partial charge in [-0.15, -0.1) is 24.8 Å². The average molecular weight is 909 g/mol. The standard InChI is InChI=1S/C31H29.C13H10.C13H21.2ClH.Zr/c1-18-11-20(3)30(21(4)12-18)24-7-9-28-26(15-24)17-27-16-25(8-10-29(27)28)31-22(5)13-19(2)14-23(31)6;1-3-7-12(8-4-1)11-13-9-5-2-6-10-13;1-5-6-7-11-8-9-12(10-11)13(2,3)4;;;/h7-15H,17H2,1-6H3;1-10H;9-11H,5-7H2,1-4H3;2*1H;. The van der Waals surface area contributed by atoms with Gasteiger partial charge in [0.2, 0.25) is 0 Å². The van der Waals surface area contributed by atoms with Crippen LogP contribution in [0.5, 0.6) is 0 Å². The summed E-state index contributed by atoms with van der Waals surface area (Å²) in [5.74, 6) is 0.442. The SMILES string of the molecule is CCCCC1C=C(C(C)(C)C)C=[C]1[Zr](=[C](c1ccccc1)c1ccccc1)[c]1c(-c2c(C)cc(C)cc2C)ccc2c1Cc1cc(-c3c(C)cc(C)cc3C)ccc1-2.Cl.Cl. The number of benzene rings is 6. The zero-order valence-electron chi connectivity index (χ0n) is 37.3. The van der Waals surface area contributed by atoms with Crippen LogP contribution < -0.4 is 3.27 Å². The fraction of sp³-hybridized carbons (Fsp3) is 0.281. The summed E-state index contributed by atoms with van der Waals surface area (Å²) in [6.45, 7) is 23.3. The molecule has 0 saturated heterocycles. The normalized spacial score (nSPS) is 14.1. The van der Waals surface area contributed by atoms with Crippen molar-refractivity contribution in [1.29, 1.82) is 0 Å². The number of hydrogen-bond acceptors (Lipinski definition) is 0. The van der Waals surface area contributed by atoms with Gasteiger partial charge in [0.1, 0.15) is 0 Å². The van der Waals surface area contributed by atoms with E-state index in [9.17, 15) is 0 Å². The van der Waals surface area contributed by atoms with Crippen LogP contribution in [0.4, 0.5) is 0 Å². The summed E-state index contributed by atoms with van der Waals surface area (Å²) in [7, 11) is 0. The van der Waals surface area contributed by atoms with Crippen molar-refractivity contribution in [1.82, 2.24) is 0 Å². The molecule has 8 rings (SSSR count). The molecular weight excluding hydrogens is 847 g/mol. The zero-order chi connectivity index (χ0) is 40.9. The van der Waals surface area contributed by atoms with Gasteiger partial charge in [-0.05, 0) is 0 Å². The van der Waals surface area contributed by atoms with E-state index in [1.54, 1.807) is 15.3 Å². The van der Waals surface area contributed by atoms with Crippen molar-refractivity contribution in [2.45, 2.75) is 94.9 Å². The Labute approximate surface area is 381 Å². The van der Waals surface area contributed by atoms with Gasteiger partial charge in [-0.25, -0.2) is 0 Å². The van der Waals surface area contributed by atoms with E-state index in [-0.39, 0.29) is 30.2 Å². The molecule has 1 atom stereocenters. The molecule has 6 aromatic carbocycles. The summed E-state index contributed by atoms with van der Waals surface area (Å²) < 4.78 is 5.01. The third-order valence-corrected chi connectivity index (χ3v) is 20.7. The maximum atomic E-state index is 2.72. The van der Waals surface area contributed by atoms with Gasteiger partial charge in [0, 0.05) is 0 Å². The fourth-order valence-corrected chi connectivity index (χ4v) is 19.2. The minimum Gasteiger partial charge on any atom is -0.147 e. The summed E-state index contributed by atoms with van der Waals surface area (Å²) >= 11 is -3.17. The molecule has 0 bridgehead atoms. The summed E-state index contributed by atoms with van der Waals surface area (Å²) in [6, 6.07) is 44.9. The van der Waals surface area contributed by atoms with Gasteiger partial charge in [0.05, 0.1) is 0 Å². The average Bonchev–Trinajstić information content (AvgIpc) is 3.78. The zero-order valence-corrected chi connectivity index (χ0v) is 41.4. The number of aryl methyl sites for hydroxylation is 6. The van der Waals surface area contributed by atoms with Crippen molar-refractivity contribution < 1.29 is 21.3 Å². The van der Waals surface area contributed by atoms with Gasteiger partial charge < -0.3 is 0 Å². The number of unbranched alkanes of at least 4 members (excludes halogenated alkanes) is 1. The van der Waals surface area contributed by atoms with Crippen LogP contribution in [0.25, 0.3) is 33.4 Å². The minimum atomic E-state index is -3.17. The Kier molecular flexibility index (Phi) is 14.2. The van der Waals surface area contributed by atoms with E-state index in [2.05, 4.69) is 197 Å². The Balaban J connectivity index is 0.00000302. The molecule has 0 aliphatic heterocycles. The van der Waals surface area contributed by atoms with Gasteiger partial charge >= 0.3 is 359 Å². The van der Waals surface area contributed by atoms with E-state index in [0.717, 1.165) is 6.42 Å². The van der Waals surface area contributed by atoms with E-state index >= 15 is 0 Å². The Hall–Kier alpha value is -3.87. The molecule has 0 heterocycles. The van der Waals surface area contributed by atoms with Crippen molar-refractivity contribution in [3.63, 3.8) is 0 Å². The van der Waals surface area contributed by atoms with Crippen molar-refractivity contribution >= 4 is 31.3 Å². The van der Waals surface area contributed by atoms with Gasteiger partial charge in [0.15, 0.2) is 0 Å². The molecule has 308 valence electrons. The number of halogens is 2. The van der Waals surface area contributed by atoms with Crippen LogP contribution in [0.2, 0.25) is 0 Å². The smallest absolute Gasteiger partial charge is 0.147 e. The van der Waals surface area contributed by atoms with Crippen molar-refractivity contribution in [2.24, 2.45) is 11.3 Å². The van der Waals surface area contributed by atoms with Gasteiger partial charge in [-0.2, -0.15) is 0 Å². The number of rotatable bonds is 9. The van der Waals surface area contributed by atoms with E-state index < -0.39 is 21.3 Å². The third kappa shape index (κ3) is 8.75. The monoisotopic (exact) mass is 906 g/mol. The van der Waals surface area contributed by atoms with Crippen LogP contribution in [-0.4, -0.2) is 3.21 Å². The third-order valence-electron chi connectivity index (χ3n) is 12.7. The first-order valence-electron chi connectivity index (χ1n) is 21.6. The summed E-state index contributed by atoms with van der Waals surface area (Å²) in [4.78, 5) is 0. The first-order chi connectivity index (χ1) is 27.8. The fourth-order valence-electron chi connectivity index (χ4n) is 10.3. The van der Waals surface area contributed by atoms with Crippen LogP contribution in [0, 0.1) is 52.9 Å². The van der Waals surface area contributed by atoms with E-state index in [1.807, 2.05) is 0 Å². The Bertz CT molecular complexity index is 2560. The van der Waals surface area contributed by atoms with Crippen LogP contribution in [0.15, 0.2) is 136 Å². The van der Waals surface area contributed by atoms with Gasteiger partial charge in [-0.1, -0.05) is 0 Å². The second kappa shape index (κ2) is 18.6. The molecule has 6 aromatic rings. The number of allylic oxidation sites excluding steroid dienone is 4. The molecule has 0 amide bonds. The Morgan fingerprint density at radius 2 is 1.13 bits per heavy atom. The Morgan fingerprint density at radius 3 is 1.67 bits per heavy atom. The molecule has 0 saturated carbocycles. The topological polar surface area (TPSA) is 0 Å². The van der Waals surface area contributed by atoms with Crippen LogP contribution >= 0.6 is 24.8 Å². The predicted octanol–water partition coefficient (Wildman–Crippen LogP) is 15.5. The van der Waals surface area contributed by atoms with Crippen LogP contribution in [-0.2, 0) is 27.7 Å². The number of fused-ring (bicyclic) bond motifs is 3. The second-order valence-corrected chi connectivity index (χ2v) is 24.0. The van der Waals surface area contributed by atoms with Crippen molar-refractivity contribution in [3.05, 3.63) is 192 Å². The first-order valence-corrected chi connectivity index (χ1v) is 25.3. The quantitative estimate of drug-likeness (QED) is 0.135. The minimum absolute atomic E-state index is 0. The molecule has 0 radical (unpaired) electrons. The molecule has 0 fully saturated rings. The van der Waals surface area contributed by atoms with Crippen molar-refractivity contribution in [3.8, 4) is 33.4 Å². The predicted molar refractivity (Wildman–Crippen MR) is 263 cm³/mol. The van der Waals surface area contributed by atoms with E-state index in [1.165, 1.54) is 108 Å². The molecule has 0 N–H and O–H groups in total. The maximum absolute atomic E-state index is 3.17. The van der Waals surface area contributed by atoms with E-state index in [0.29, 0.717) is 5.92 Å². The molecule has 1 unspecified atom stereocenters. The summed E-state index contributed by atoms with van der Waals surface area (Å²) in [5, 5.41) is 0. The first kappa shape index (κ1) is 45.7. The van der Waals surface area contributed by atoms with Crippen LogP contribution in [0.1, 0.15) is 103 Å². The second-order valence-electron chi connectivity index (χ2n) is 18.3. The van der Waals surface area contributed by atoms with Crippen LogP contribution in [0.3, 0.4) is 0 Å². The summed E-state index contributed by atoms with van der Waals surface area (Å²) in [5.41, 5.74) is 24.0. The molecular formula is C57H62Cl2Zr. The largest absolute Gasteiger partial charge is 0.147 e. The van der Waals surface area contributed by atoms with Gasteiger partial charge in [0.25, 0.3) is 0 Å². The molecule has 2 aliphatic carbocycles. The maximum Gasteiger partial charge on any atom is -0.147 e. The Morgan fingerprint density at radius 1 is 0.617 bits per heavy atom. The molecule has 0 aromatic heterocycles.